The zero-order chi connectivity index (χ0) is 22.6. The van der Waals surface area contributed by atoms with Gasteiger partial charge in [0.2, 0.25) is 15.9 Å². The quantitative estimate of drug-likeness (QED) is 0.674. The zero-order valence-corrected chi connectivity index (χ0v) is 19.2. The number of methoxy groups -OCH3 is 2. The smallest absolute Gasteiger partial charge is 0.243 e. The van der Waals surface area contributed by atoms with Crippen LogP contribution in [0.25, 0.3) is 0 Å². The Morgan fingerprint density at radius 3 is 2.42 bits per heavy atom. The molecule has 0 radical (unpaired) electrons. The van der Waals surface area contributed by atoms with Crippen molar-refractivity contribution in [1.82, 2.24) is 9.62 Å². The molecule has 1 aliphatic heterocycles. The summed E-state index contributed by atoms with van der Waals surface area (Å²) in [5.74, 6) is 0.481. The van der Waals surface area contributed by atoms with Crippen LogP contribution in [0.5, 0.6) is 11.5 Å². The molecule has 2 aromatic rings. The molecule has 0 aliphatic carbocycles. The number of carbonyl (C=O) groups is 1. The van der Waals surface area contributed by atoms with Crippen LogP contribution >= 0.6 is 0 Å². The maximum absolute atomic E-state index is 13.2. The Kier molecular flexibility index (Phi) is 7.23. The first-order chi connectivity index (χ1) is 14.8. The van der Waals surface area contributed by atoms with E-state index in [9.17, 15) is 13.2 Å². The summed E-state index contributed by atoms with van der Waals surface area (Å²) in [6.07, 6.45) is 0. The first-order valence-electron chi connectivity index (χ1n) is 10.3. The molecule has 1 aliphatic rings. The normalized spacial score (nSPS) is 19.4. The molecule has 2 aromatic carbocycles. The van der Waals surface area contributed by atoms with Crippen molar-refractivity contribution in [3.63, 3.8) is 0 Å². The van der Waals surface area contributed by atoms with Gasteiger partial charge in [-0.15, -0.1) is 0 Å². The maximum Gasteiger partial charge on any atom is 0.243 e. The van der Waals surface area contributed by atoms with Crippen molar-refractivity contribution < 1.29 is 22.7 Å². The van der Waals surface area contributed by atoms with Crippen molar-refractivity contribution in [2.24, 2.45) is 11.8 Å². The summed E-state index contributed by atoms with van der Waals surface area (Å²) < 4.78 is 38.7. The van der Waals surface area contributed by atoms with Gasteiger partial charge in [-0.3, -0.25) is 4.79 Å². The zero-order valence-electron chi connectivity index (χ0n) is 18.4. The number of sulfonamides is 1. The van der Waals surface area contributed by atoms with E-state index in [1.807, 2.05) is 19.9 Å². The lowest BCUT2D eigenvalue weighted by molar-refractivity contribution is -0.125. The topological polar surface area (TPSA) is 84.9 Å². The van der Waals surface area contributed by atoms with E-state index < -0.39 is 15.9 Å². The average molecular weight is 447 g/mol. The highest BCUT2D eigenvalue weighted by Gasteiger charge is 2.44. The third kappa shape index (κ3) is 5.02. The number of hydrogen-bond donors (Lipinski definition) is 1. The van der Waals surface area contributed by atoms with Gasteiger partial charge in [0.15, 0.2) is 0 Å². The van der Waals surface area contributed by atoms with E-state index in [4.69, 9.17) is 9.47 Å². The minimum absolute atomic E-state index is 0.112. The van der Waals surface area contributed by atoms with Crippen LogP contribution in [0.2, 0.25) is 0 Å². The molecule has 2 atom stereocenters. The van der Waals surface area contributed by atoms with Gasteiger partial charge in [-0.1, -0.05) is 38.1 Å². The van der Waals surface area contributed by atoms with Crippen LogP contribution < -0.4 is 14.8 Å². The van der Waals surface area contributed by atoms with Crippen molar-refractivity contribution in [3.05, 3.63) is 54.1 Å². The highest BCUT2D eigenvalue weighted by molar-refractivity contribution is 7.89. The van der Waals surface area contributed by atoms with Crippen molar-refractivity contribution in [2.45, 2.75) is 24.7 Å². The lowest BCUT2D eigenvalue weighted by Gasteiger charge is -2.21. The largest absolute Gasteiger partial charge is 0.497 e. The van der Waals surface area contributed by atoms with Gasteiger partial charge < -0.3 is 14.8 Å². The van der Waals surface area contributed by atoms with Gasteiger partial charge in [0.1, 0.15) is 11.5 Å². The third-order valence-corrected chi connectivity index (χ3v) is 7.37. The van der Waals surface area contributed by atoms with Gasteiger partial charge in [-0.25, -0.2) is 8.42 Å². The van der Waals surface area contributed by atoms with Crippen LogP contribution in [0.1, 0.15) is 25.3 Å². The number of rotatable bonds is 8. The Labute approximate surface area is 184 Å². The summed E-state index contributed by atoms with van der Waals surface area (Å²) in [6, 6.07) is 13.7. The van der Waals surface area contributed by atoms with Gasteiger partial charge in [-0.05, 0) is 29.7 Å². The molecule has 1 fully saturated rings. The predicted octanol–water partition coefficient (Wildman–Crippen LogP) is 2.88. The molecule has 1 amide bonds. The van der Waals surface area contributed by atoms with Gasteiger partial charge in [-0.2, -0.15) is 4.31 Å². The van der Waals surface area contributed by atoms with Crippen LogP contribution in [0, 0.1) is 11.8 Å². The Morgan fingerprint density at radius 2 is 1.81 bits per heavy atom. The summed E-state index contributed by atoms with van der Waals surface area (Å²) in [4.78, 5) is 13.3. The molecule has 168 valence electrons. The summed E-state index contributed by atoms with van der Waals surface area (Å²) >= 11 is 0. The fourth-order valence-corrected chi connectivity index (χ4v) is 5.36. The maximum atomic E-state index is 13.2. The minimum atomic E-state index is -3.72. The van der Waals surface area contributed by atoms with Gasteiger partial charge in [0.25, 0.3) is 0 Å². The molecule has 8 heteroatoms. The molecule has 2 unspecified atom stereocenters. The van der Waals surface area contributed by atoms with Crippen molar-refractivity contribution in [3.8, 4) is 11.5 Å². The van der Waals surface area contributed by atoms with E-state index in [0.717, 1.165) is 5.56 Å². The Hall–Kier alpha value is -2.58. The monoisotopic (exact) mass is 446 g/mol. The molecule has 0 bridgehead atoms. The predicted molar refractivity (Wildman–Crippen MR) is 119 cm³/mol. The molecule has 7 nitrogen and oxygen atoms in total. The van der Waals surface area contributed by atoms with E-state index in [1.54, 1.807) is 56.7 Å². The van der Waals surface area contributed by atoms with Gasteiger partial charge >= 0.3 is 0 Å². The molecule has 3 rings (SSSR count). The average Bonchev–Trinajstić information content (AvgIpc) is 3.23. The van der Waals surface area contributed by atoms with E-state index in [1.165, 1.54) is 4.31 Å². The summed E-state index contributed by atoms with van der Waals surface area (Å²) in [5, 5.41) is 2.97. The first-order valence-corrected chi connectivity index (χ1v) is 11.8. The van der Waals surface area contributed by atoms with Crippen molar-refractivity contribution in [1.29, 1.82) is 0 Å². The SMILES string of the molecule is COc1ccc(C2CN(S(=O)(=O)c3ccccc3)CC2C(=O)NCC(C)C)c(OC)c1. The number of nitrogens with one attached hydrogen (secondary N) is 1. The van der Waals surface area contributed by atoms with Crippen LogP contribution in [-0.2, 0) is 14.8 Å². The van der Waals surface area contributed by atoms with Crippen molar-refractivity contribution in [2.75, 3.05) is 33.9 Å². The Bertz CT molecular complexity index is 1010. The second-order valence-corrected chi connectivity index (χ2v) is 10.0. The number of benzene rings is 2. The molecule has 31 heavy (non-hydrogen) atoms. The fraction of sp³-hybridized carbons (Fsp3) is 0.435. The fourth-order valence-electron chi connectivity index (χ4n) is 3.85. The highest BCUT2D eigenvalue weighted by atomic mass is 32.2. The van der Waals surface area contributed by atoms with Crippen LogP contribution in [0.3, 0.4) is 0 Å². The number of carbonyl (C=O) groups excluding carboxylic acids is 1. The van der Waals surface area contributed by atoms with Crippen LogP contribution in [0.4, 0.5) is 0 Å². The number of hydrogen-bond acceptors (Lipinski definition) is 5. The summed E-state index contributed by atoms with van der Waals surface area (Å²) in [5.41, 5.74) is 0.791. The molecular formula is C23H30N2O5S. The van der Waals surface area contributed by atoms with E-state index >= 15 is 0 Å². The van der Waals surface area contributed by atoms with Gasteiger partial charge in [0, 0.05) is 31.6 Å². The molecule has 0 aromatic heterocycles. The molecule has 1 heterocycles. The number of nitrogens with zero attached hydrogens (tertiary/aromatic N) is 1. The van der Waals surface area contributed by atoms with E-state index in [-0.39, 0.29) is 29.8 Å². The second kappa shape index (κ2) is 9.70. The van der Waals surface area contributed by atoms with Crippen LogP contribution in [-0.4, -0.2) is 52.5 Å². The Balaban J connectivity index is 1.97. The molecule has 0 saturated carbocycles. The first kappa shape index (κ1) is 23.1. The molecule has 1 saturated heterocycles. The lowest BCUT2D eigenvalue weighted by Crippen LogP contribution is -2.37. The Morgan fingerprint density at radius 1 is 1.10 bits per heavy atom. The second-order valence-electron chi connectivity index (χ2n) is 8.09. The van der Waals surface area contributed by atoms with Crippen molar-refractivity contribution >= 4 is 15.9 Å². The number of ether oxygens (including phenoxy) is 2. The summed E-state index contributed by atoms with van der Waals surface area (Å²) in [6.45, 7) is 4.88. The molecule has 1 N–H and O–H groups in total. The summed E-state index contributed by atoms with van der Waals surface area (Å²) in [7, 11) is -0.597. The molecule has 0 spiro atoms. The van der Waals surface area contributed by atoms with E-state index in [0.29, 0.717) is 24.0 Å². The molecular weight excluding hydrogens is 416 g/mol. The third-order valence-electron chi connectivity index (χ3n) is 5.53. The number of amides is 1. The van der Waals surface area contributed by atoms with Crippen LogP contribution in [0.15, 0.2) is 53.4 Å². The van der Waals surface area contributed by atoms with E-state index in [2.05, 4.69) is 5.32 Å². The highest BCUT2D eigenvalue weighted by Crippen LogP contribution is 2.41. The van der Waals surface area contributed by atoms with Gasteiger partial charge in [0.05, 0.1) is 25.0 Å². The lowest BCUT2D eigenvalue weighted by atomic mass is 9.87. The standard InChI is InChI=1S/C23H30N2O5S/c1-16(2)13-24-23(26)21-15-25(31(27,28)18-8-6-5-7-9-18)14-20(21)19-11-10-17(29-3)12-22(19)30-4/h5-12,16,20-21H,13-15H2,1-4H3,(H,24,26). The minimum Gasteiger partial charge on any atom is -0.497 e.